The van der Waals surface area contributed by atoms with Crippen LogP contribution in [0.5, 0.6) is 0 Å². The van der Waals surface area contributed by atoms with Gasteiger partial charge in [-0.3, -0.25) is 4.79 Å². The number of rotatable bonds is 5. The van der Waals surface area contributed by atoms with Crippen LogP contribution in [0.2, 0.25) is 0 Å². The lowest BCUT2D eigenvalue weighted by molar-refractivity contribution is -0.118. The van der Waals surface area contributed by atoms with Crippen molar-refractivity contribution >= 4 is 56.3 Å². The molecule has 0 aliphatic rings. The van der Waals surface area contributed by atoms with Crippen LogP contribution in [0.3, 0.4) is 0 Å². The van der Waals surface area contributed by atoms with Gasteiger partial charge in [-0.25, -0.2) is 10.4 Å². The number of nitrogens with zero attached hydrogens (tertiary/aromatic N) is 2. The minimum atomic E-state index is -0.125. The van der Waals surface area contributed by atoms with Crippen molar-refractivity contribution in [2.24, 2.45) is 5.10 Å². The number of benzene rings is 1. The average Bonchev–Trinajstić information content (AvgIpc) is 3.19. The topological polar surface area (TPSA) is 54.4 Å². The summed E-state index contributed by atoms with van der Waals surface area (Å²) in [5, 5.41) is 6.10. The molecule has 0 saturated heterocycles. The molecule has 0 bridgehead atoms. The van der Waals surface area contributed by atoms with Gasteiger partial charge in [0.1, 0.15) is 0 Å². The van der Waals surface area contributed by atoms with E-state index in [1.807, 2.05) is 48.7 Å². The lowest BCUT2D eigenvalue weighted by Crippen LogP contribution is -2.20. The molecule has 0 saturated carbocycles. The maximum Gasteiger partial charge on any atom is 0.250 e. The Bertz CT molecular complexity index is 775. The van der Waals surface area contributed by atoms with Crippen molar-refractivity contribution in [1.82, 2.24) is 10.4 Å². The molecule has 1 N–H and O–H groups in total. The van der Waals surface area contributed by atoms with Crippen molar-refractivity contribution in [3.63, 3.8) is 0 Å². The second-order valence-corrected chi connectivity index (χ2v) is 7.65. The van der Waals surface area contributed by atoms with Crippen molar-refractivity contribution < 1.29 is 4.79 Å². The second kappa shape index (κ2) is 7.04. The number of hydrogen-bond donors (Lipinski definition) is 1. The highest BCUT2D eigenvalue weighted by molar-refractivity contribution is 8.01. The molecular formula is C15H13N3OS3. The lowest BCUT2D eigenvalue weighted by Gasteiger charge is -2.00. The molecule has 22 heavy (non-hydrogen) atoms. The van der Waals surface area contributed by atoms with Crippen molar-refractivity contribution in [2.75, 3.05) is 5.75 Å². The number of thioether (sulfide) groups is 1. The van der Waals surface area contributed by atoms with Crippen LogP contribution >= 0.6 is 34.4 Å². The summed E-state index contributed by atoms with van der Waals surface area (Å²) in [6.45, 7) is 1.88. The normalized spacial score (nSPS) is 11.8. The Morgan fingerprint density at radius 1 is 1.32 bits per heavy atom. The maximum absolute atomic E-state index is 11.8. The summed E-state index contributed by atoms with van der Waals surface area (Å²) in [5.41, 5.74) is 4.37. The lowest BCUT2D eigenvalue weighted by atomic mass is 10.3. The minimum absolute atomic E-state index is 0.125. The number of nitrogens with one attached hydrogen (secondary N) is 1. The molecular weight excluding hydrogens is 334 g/mol. The summed E-state index contributed by atoms with van der Waals surface area (Å²) in [5.74, 6) is 0.182. The van der Waals surface area contributed by atoms with E-state index in [9.17, 15) is 4.79 Å². The Balaban J connectivity index is 1.55. The predicted octanol–water partition coefficient (Wildman–Crippen LogP) is 3.99. The fourth-order valence-corrected chi connectivity index (χ4v) is 4.30. The SMILES string of the molecule is CC(=NNC(=O)CSc1nc2ccccc2s1)c1cccs1. The fourth-order valence-electron chi connectivity index (χ4n) is 1.76. The van der Waals surface area contributed by atoms with Gasteiger partial charge in [0.25, 0.3) is 5.91 Å². The van der Waals surface area contributed by atoms with Crippen LogP contribution in [0.25, 0.3) is 10.2 Å². The molecule has 0 fully saturated rings. The van der Waals surface area contributed by atoms with Gasteiger partial charge in [-0.2, -0.15) is 5.10 Å². The third kappa shape index (κ3) is 3.73. The number of hydrazone groups is 1. The van der Waals surface area contributed by atoms with Crippen LogP contribution in [0.1, 0.15) is 11.8 Å². The van der Waals surface area contributed by atoms with Crippen molar-refractivity contribution in [3.8, 4) is 0 Å². The predicted molar refractivity (Wildman–Crippen MR) is 95.0 cm³/mol. The zero-order valence-corrected chi connectivity index (χ0v) is 14.2. The number of hydrogen-bond acceptors (Lipinski definition) is 6. The zero-order valence-electron chi connectivity index (χ0n) is 11.8. The van der Waals surface area contributed by atoms with Gasteiger partial charge in [-0.15, -0.1) is 22.7 Å². The summed E-state index contributed by atoms with van der Waals surface area (Å²) in [6, 6.07) is 11.9. The van der Waals surface area contributed by atoms with Gasteiger partial charge < -0.3 is 0 Å². The number of amides is 1. The summed E-state index contributed by atoms with van der Waals surface area (Å²) in [7, 11) is 0. The van der Waals surface area contributed by atoms with Gasteiger partial charge in [0.15, 0.2) is 4.34 Å². The van der Waals surface area contributed by atoms with E-state index in [0.29, 0.717) is 5.75 Å². The number of thiazole rings is 1. The minimum Gasteiger partial charge on any atom is -0.272 e. The fraction of sp³-hybridized carbons (Fsp3) is 0.133. The van der Waals surface area contributed by atoms with Crippen LogP contribution in [-0.4, -0.2) is 22.4 Å². The molecule has 0 radical (unpaired) electrons. The average molecular weight is 347 g/mol. The Morgan fingerprint density at radius 2 is 2.18 bits per heavy atom. The van der Waals surface area contributed by atoms with Gasteiger partial charge in [-0.1, -0.05) is 30.0 Å². The first-order valence-corrected chi connectivity index (χ1v) is 9.26. The first-order chi connectivity index (χ1) is 10.7. The molecule has 0 aliphatic carbocycles. The Morgan fingerprint density at radius 3 is 2.95 bits per heavy atom. The van der Waals surface area contributed by atoms with E-state index in [0.717, 1.165) is 25.1 Å². The van der Waals surface area contributed by atoms with Crippen molar-refractivity contribution in [2.45, 2.75) is 11.3 Å². The Kier molecular flexibility index (Phi) is 4.87. The highest BCUT2D eigenvalue weighted by atomic mass is 32.2. The molecule has 0 atom stereocenters. The molecule has 3 aromatic rings. The number of carbonyl (C=O) groups is 1. The van der Waals surface area contributed by atoms with Crippen molar-refractivity contribution in [1.29, 1.82) is 0 Å². The third-order valence-electron chi connectivity index (χ3n) is 2.83. The van der Waals surface area contributed by atoms with E-state index in [4.69, 9.17) is 0 Å². The first kappa shape index (κ1) is 15.2. The summed E-state index contributed by atoms with van der Waals surface area (Å²) < 4.78 is 2.03. The van der Waals surface area contributed by atoms with E-state index in [-0.39, 0.29) is 5.91 Å². The van der Waals surface area contributed by atoms with Crippen LogP contribution in [0.15, 0.2) is 51.2 Å². The molecule has 2 aromatic heterocycles. The summed E-state index contributed by atoms with van der Waals surface area (Å²) >= 11 is 4.63. The molecule has 3 rings (SSSR count). The van der Waals surface area contributed by atoms with Crippen LogP contribution in [-0.2, 0) is 4.79 Å². The first-order valence-electron chi connectivity index (χ1n) is 6.58. The van der Waals surface area contributed by atoms with E-state index >= 15 is 0 Å². The number of aromatic nitrogens is 1. The van der Waals surface area contributed by atoms with E-state index < -0.39 is 0 Å². The van der Waals surface area contributed by atoms with Crippen LogP contribution in [0.4, 0.5) is 0 Å². The number of para-hydroxylation sites is 1. The monoisotopic (exact) mass is 347 g/mol. The van der Waals surface area contributed by atoms with Gasteiger partial charge in [0.05, 0.1) is 21.7 Å². The van der Waals surface area contributed by atoms with Gasteiger partial charge in [-0.05, 0) is 30.5 Å². The molecule has 1 amide bonds. The molecule has 0 spiro atoms. The highest BCUT2D eigenvalue weighted by Crippen LogP contribution is 2.28. The zero-order chi connectivity index (χ0) is 15.4. The van der Waals surface area contributed by atoms with E-state index in [1.165, 1.54) is 11.8 Å². The molecule has 2 heterocycles. The largest absolute Gasteiger partial charge is 0.272 e. The molecule has 4 nitrogen and oxygen atoms in total. The Hall–Kier alpha value is -1.70. The van der Waals surface area contributed by atoms with Crippen molar-refractivity contribution in [3.05, 3.63) is 46.7 Å². The second-order valence-electron chi connectivity index (χ2n) is 4.45. The van der Waals surface area contributed by atoms with Gasteiger partial charge >= 0.3 is 0 Å². The summed E-state index contributed by atoms with van der Waals surface area (Å²) in [4.78, 5) is 17.4. The summed E-state index contributed by atoms with van der Waals surface area (Å²) in [6.07, 6.45) is 0. The Labute approximate surface area is 140 Å². The highest BCUT2D eigenvalue weighted by Gasteiger charge is 2.07. The molecule has 112 valence electrons. The molecule has 1 aromatic carbocycles. The smallest absolute Gasteiger partial charge is 0.250 e. The van der Waals surface area contributed by atoms with Crippen LogP contribution in [0, 0.1) is 0 Å². The number of fused-ring (bicyclic) bond motifs is 1. The molecule has 0 unspecified atom stereocenters. The molecule has 7 heteroatoms. The van der Waals surface area contributed by atoms with E-state index in [2.05, 4.69) is 15.5 Å². The number of thiophene rings is 1. The van der Waals surface area contributed by atoms with Gasteiger partial charge in [0, 0.05) is 4.88 Å². The maximum atomic E-state index is 11.8. The molecule has 0 aliphatic heterocycles. The third-order valence-corrected chi connectivity index (χ3v) is 5.99. The number of carbonyl (C=O) groups excluding carboxylic acids is 1. The van der Waals surface area contributed by atoms with E-state index in [1.54, 1.807) is 22.7 Å². The quantitative estimate of drug-likeness (QED) is 0.431. The van der Waals surface area contributed by atoms with Crippen LogP contribution < -0.4 is 5.43 Å². The van der Waals surface area contributed by atoms with Gasteiger partial charge in [0.2, 0.25) is 0 Å². The standard InChI is InChI=1S/C15H13N3OS3/c1-10(12-7-4-8-20-12)17-18-14(19)9-21-15-16-11-5-2-3-6-13(11)22-15/h2-8H,9H2,1H3,(H,18,19).